The van der Waals surface area contributed by atoms with Crippen LogP contribution in [0.2, 0.25) is 0 Å². The van der Waals surface area contributed by atoms with Crippen LogP contribution in [0.3, 0.4) is 0 Å². The van der Waals surface area contributed by atoms with Gasteiger partial charge in [-0.05, 0) is 19.4 Å². The van der Waals surface area contributed by atoms with Crippen LogP contribution in [0.1, 0.15) is 19.3 Å². The second-order valence-electron chi connectivity index (χ2n) is 3.00. The van der Waals surface area contributed by atoms with Gasteiger partial charge in [-0.25, -0.2) is 0 Å². The molecule has 0 aromatic heterocycles. The van der Waals surface area contributed by atoms with Crippen molar-refractivity contribution in [3.8, 4) is 0 Å². The van der Waals surface area contributed by atoms with Gasteiger partial charge in [-0.2, -0.15) is 0 Å². The molecule has 0 rings (SSSR count). The molecule has 14 heavy (non-hydrogen) atoms. The van der Waals surface area contributed by atoms with Crippen molar-refractivity contribution < 1.29 is 19.4 Å². The van der Waals surface area contributed by atoms with Gasteiger partial charge in [-0.3, -0.25) is 4.79 Å². The van der Waals surface area contributed by atoms with Gasteiger partial charge in [0.05, 0.1) is 0 Å². The Labute approximate surface area is 85.2 Å². The van der Waals surface area contributed by atoms with Gasteiger partial charge in [0, 0.05) is 0 Å². The van der Waals surface area contributed by atoms with E-state index in [-0.39, 0.29) is 0 Å². The molecule has 7 heteroatoms. The molecule has 0 saturated heterocycles. The predicted octanol–water partition coefficient (Wildman–Crippen LogP) is -2.66. The third kappa shape index (κ3) is 6.98. The molecule has 0 unspecified atom stereocenters. The van der Waals surface area contributed by atoms with Crippen LogP contribution in [-0.4, -0.2) is 44.4 Å². The van der Waals surface area contributed by atoms with Gasteiger partial charge in [-0.1, -0.05) is 6.42 Å². The molecule has 0 bridgehead atoms. The summed E-state index contributed by atoms with van der Waals surface area (Å²) in [4.78, 5) is 11.1. The highest BCUT2D eigenvalue weighted by atomic mass is 28.2. The molecule has 0 aliphatic heterocycles. The quantitative estimate of drug-likeness (QED) is 0.212. The lowest BCUT2D eigenvalue weighted by Gasteiger charge is -2.11. The monoisotopic (exact) mass is 222 g/mol. The normalized spacial score (nSPS) is 13.8. The van der Waals surface area contributed by atoms with Crippen molar-refractivity contribution in [3.05, 3.63) is 0 Å². The summed E-state index contributed by atoms with van der Waals surface area (Å²) in [6.45, 7) is 0.575. The molecule has 0 aliphatic rings. The van der Waals surface area contributed by atoms with E-state index < -0.39 is 27.7 Å². The first-order valence-corrected chi connectivity index (χ1v) is 5.95. The lowest BCUT2D eigenvalue weighted by Crippen LogP contribution is -2.35. The van der Waals surface area contributed by atoms with Crippen molar-refractivity contribution in [1.82, 2.24) is 0 Å². The maximum Gasteiger partial charge on any atom is 0.309 e. The number of hydrogen-bond acceptors (Lipinski definition) is 6. The van der Waals surface area contributed by atoms with Crippen LogP contribution < -0.4 is 11.5 Å². The number of nitrogens with two attached hydrogens (primary N) is 2. The van der Waals surface area contributed by atoms with E-state index in [9.17, 15) is 4.79 Å². The summed E-state index contributed by atoms with van der Waals surface area (Å²) >= 11 is 0. The zero-order chi connectivity index (χ0) is 11.0. The minimum absolute atomic E-state index is 0.520. The van der Waals surface area contributed by atoms with Crippen LogP contribution in [0.4, 0.5) is 0 Å². The Hall–Kier alpha value is -0.473. The summed E-state index contributed by atoms with van der Waals surface area (Å²) in [7, 11) is -1.62. The van der Waals surface area contributed by atoms with E-state index in [0.29, 0.717) is 13.0 Å². The number of rotatable bonds is 7. The highest BCUT2D eigenvalue weighted by molar-refractivity contribution is 6.31. The molecule has 0 radical (unpaired) electrons. The van der Waals surface area contributed by atoms with Gasteiger partial charge in [0.2, 0.25) is 0 Å². The summed E-state index contributed by atoms with van der Waals surface area (Å²) in [5.41, 5.74) is 10.8. The highest BCUT2D eigenvalue weighted by Gasteiger charge is 2.15. The maximum absolute atomic E-state index is 11.1. The van der Waals surface area contributed by atoms with E-state index in [4.69, 9.17) is 21.7 Å². The molecule has 0 aliphatic carbocycles. The van der Waals surface area contributed by atoms with Crippen LogP contribution in [-0.2, 0) is 9.22 Å². The maximum atomic E-state index is 11.1. The Bertz CT molecular complexity index is 168. The molecule has 0 fully saturated rings. The number of hydrogen-bond donors (Lipinski definition) is 4. The third-order valence-electron chi connectivity index (χ3n) is 1.65. The van der Waals surface area contributed by atoms with Gasteiger partial charge in [0.25, 0.3) is 9.76 Å². The number of aliphatic hydroxyl groups is 2. The number of carbonyl (C=O) groups is 1. The van der Waals surface area contributed by atoms with E-state index in [1.165, 1.54) is 0 Å². The Morgan fingerprint density at radius 2 is 2.07 bits per heavy atom. The molecule has 0 aromatic carbocycles. The molecular formula is C7H18N2O4Si. The van der Waals surface area contributed by atoms with Crippen molar-refractivity contribution in [2.75, 3.05) is 6.54 Å². The Morgan fingerprint density at radius 1 is 1.43 bits per heavy atom. The molecule has 6 N–H and O–H groups in total. The Balaban J connectivity index is 3.54. The molecule has 84 valence electrons. The van der Waals surface area contributed by atoms with Crippen molar-refractivity contribution in [1.29, 1.82) is 0 Å². The predicted molar refractivity (Wildman–Crippen MR) is 53.7 cm³/mol. The minimum Gasteiger partial charge on any atom is -0.518 e. The highest BCUT2D eigenvalue weighted by Crippen LogP contribution is 1.99. The van der Waals surface area contributed by atoms with Crippen molar-refractivity contribution in [2.45, 2.75) is 31.2 Å². The van der Waals surface area contributed by atoms with Gasteiger partial charge >= 0.3 is 5.97 Å². The molecule has 6 nitrogen and oxygen atoms in total. The van der Waals surface area contributed by atoms with Gasteiger partial charge in [-0.15, -0.1) is 0 Å². The fraction of sp³-hybridized carbons (Fsp3) is 0.857. The first-order valence-electron chi connectivity index (χ1n) is 4.56. The van der Waals surface area contributed by atoms with E-state index in [1.54, 1.807) is 0 Å². The standard InChI is InChI=1S/C7H18N2O4Si/c8-4-2-1-3-5(9)6(10)13-14-7(11)12/h5,7,11-12H,1-4,8-9,14H2/t5-/m0/s1. The summed E-state index contributed by atoms with van der Waals surface area (Å²) in [5, 5.41) is 17.0. The summed E-state index contributed by atoms with van der Waals surface area (Å²) in [6, 6.07) is -0.673. The second kappa shape index (κ2) is 7.89. The van der Waals surface area contributed by atoms with Crippen LogP contribution in [0.15, 0.2) is 0 Å². The van der Waals surface area contributed by atoms with E-state index in [0.717, 1.165) is 12.8 Å². The fourth-order valence-corrected chi connectivity index (χ4v) is 1.42. The molecule has 0 saturated carbocycles. The van der Waals surface area contributed by atoms with Crippen LogP contribution in [0.5, 0.6) is 0 Å². The van der Waals surface area contributed by atoms with Crippen molar-refractivity contribution in [2.24, 2.45) is 11.5 Å². The average molecular weight is 222 g/mol. The molecule has 0 heterocycles. The number of carbonyl (C=O) groups excluding carboxylic acids is 1. The molecule has 1 atom stereocenters. The SMILES string of the molecule is NCCCC[C@H](N)C(=O)O[SiH2]C(O)O. The summed E-state index contributed by atoms with van der Waals surface area (Å²) in [6.07, 6.45) is 2.11. The topological polar surface area (TPSA) is 119 Å². The van der Waals surface area contributed by atoms with Gasteiger partial charge in [0.15, 0.2) is 5.91 Å². The molecule has 0 aromatic rings. The molecular weight excluding hydrogens is 204 g/mol. The number of unbranched alkanes of at least 4 members (excludes halogenated alkanes) is 1. The van der Waals surface area contributed by atoms with Crippen molar-refractivity contribution in [3.63, 3.8) is 0 Å². The van der Waals surface area contributed by atoms with Gasteiger partial charge < -0.3 is 26.1 Å². The zero-order valence-corrected chi connectivity index (χ0v) is 9.47. The van der Waals surface area contributed by atoms with E-state index in [1.807, 2.05) is 0 Å². The second-order valence-corrected chi connectivity index (χ2v) is 4.35. The Kier molecular flexibility index (Phi) is 7.62. The molecule has 0 spiro atoms. The first-order chi connectivity index (χ1) is 6.57. The van der Waals surface area contributed by atoms with Crippen molar-refractivity contribution >= 4 is 15.7 Å². The minimum atomic E-state index is -1.62. The summed E-state index contributed by atoms with van der Waals surface area (Å²) in [5.74, 6) is -2.06. The smallest absolute Gasteiger partial charge is 0.309 e. The fourth-order valence-electron chi connectivity index (χ4n) is 0.890. The number of aliphatic hydroxyl groups excluding tert-OH is 1. The first kappa shape index (κ1) is 13.5. The van der Waals surface area contributed by atoms with Crippen LogP contribution in [0, 0.1) is 0 Å². The lowest BCUT2D eigenvalue weighted by molar-refractivity contribution is -0.137. The summed E-state index contributed by atoms with van der Waals surface area (Å²) < 4.78 is 4.64. The zero-order valence-electron chi connectivity index (χ0n) is 8.06. The van der Waals surface area contributed by atoms with E-state index in [2.05, 4.69) is 4.43 Å². The lowest BCUT2D eigenvalue weighted by atomic mass is 10.1. The van der Waals surface area contributed by atoms with E-state index >= 15 is 0 Å². The average Bonchev–Trinajstić information content (AvgIpc) is 2.14. The van der Waals surface area contributed by atoms with Crippen LogP contribution in [0.25, 0.3) is 0 Å². The Morgan fingerprint density at radius 3 is 2.57 bits per heavy atom. The third-order valence-corrected chi connectivity index (χ3v) is 2.40. The van der Waals surface area contributed by atoms with Crippen LogP contribution >= 0.6 is 0 Å². The molecule has 0 amide bonds. The van der Waals surface area contributed by atoms with Gasteiger partial charge in [0.1, 0.15) is 6.04 Å². The largest absolute Gasteiger partial charge is 0.518 e.